The Labute approximate surface area is 113 Å². The fourth-order valence-electron chi connectivity index (χ4n) is 1.54. The topological polar surface area (TPSA) is 50.4 Å². The van der Waals surface area contributed by atoms with Crippen molar-refractivity contribution in [2.45, 2.75) is 13.0 Å². The van der Waals surface area contributed by atoms with Crippen LogP contribution in [0.25, 0.3) is 0 Å². The van der Waals surface area contributed by atoms with E-state index in [0.717, 1.165) is 5.56 Å². The van der Waals surface area contributed by atoms with Crippen molar-refractivity contribution < 1.29 is 9.53 Å². The van der Waals surface area contributed by atoms with Crippen LogP contribution in [0.3, 0.4) is 0 Å². The molecular formula is C13H19ClN2O2. The molecule has 0 saturated heterocycles. The molecular weight excluding hydrogens is 252 g/mol. The van der Waals surface area contributed by atoms with Crippen LogP contribution in [0.5, 0.6) is 0 Å². The summed E-state index contributed by atoms with van der Waals surface area (Å²) in [6.07, 6.45) is 0. The van der Waals surface area contributed by atoms with Gasteiger partial charge < -0.3 is 15.4 Å². The van der Waals surface area contributed by atoms with E-state index in [1.807, 2.05) is 31.2 Å². The van der Waals surface area contributed by atoms with Crippen LogP contribution < -0.4 is 10.6 Å². The summed E-state index contributed by atoms with van der Waals surface area (Å²) in [7, 11) is 1.60. The first kappa shape index (κ1) is 15.0. The molecule has 0 aliphatic rings. The Morgan fingerprint density at radius 3 is 2.83 bits per heavy atom. The maximum Gasteiger partial charge on any atom is 0.234 e. The number of carbonyl (C=O) groups excluding carboxylic acids is 1. The summed E-state index contributed by atoms with van der Waals surface area (Å²) in [6.45, 7) is 3.28. The largest absolute Gasteiger partial charge is 0.383 e. The van der Waals surface area contributed by atoms with Gasteiger partial charge in [0.2, 0.25) is 5.91 Å². The number of hydrogen-bond acceptors (Lipinski definition) is 3. The van der Waals surface area contributed by atoms with Crippen molar-refractivity contribution in [3.05, 3.63) is 34.9 Å². The van der Waals surface area contributed by atoms with E-state index < -0.39 is 0 Å². The number of ether oxygens (including phenoxy) is 1. The van der Waals surface area contributed by atoms with E-state index in [4.69, 9.17) is 16.3 Å². The van der Waals surface area contributed by atoms with Crippen molar-refractivity contribution >= 4 is 17.5 Å². The molecule has 0 aliphatic heterocycles. The zero-order valence-corrected chi connectivity index (χ0v) is 11.5. The molecule has 0 radical (unpaired) electrons. The van der Waals surface area contributed by atoms with Crippen molar-refractivity contribution in [3.8, 4) is 0 Å². The zero-order chi connectivity index (χ0) is 13.4. The smallest absolute Gasteiger partial charge is 0.234 e. The third kappa shape index (κ3) is 5.04. The fraction of sp³-hybridized carbons (Fsp3) is 0.462. The first-order chi connectivity index (χ1) is 8.65. The van der Waals surface area contributed by atoms with Crippen LogP contribution in [-0.2, 0) is 9.53 Å². The summed E-state index contributed by atoms with van der Waals surface area (Å²) in [5.74, 6) is -0.0500. The maximum atomic E-state index is 11.5. The molecule has 5 heteroatoms. The highest BCUT2D eigenvalue weighted by Gasteiger charge is 2.09. The number of methoxy groups -OCH3 is 1. The number of carbonyl (C=O) groups is 1. The summed E-state index contributed by atoms with van der Waals surface area (Å²) in [5, 5.41) is 6.58. The lowest BCUT2D eigenvalue weighted by Gasteiger charge is -2.15. The molecule has 0 saturated carbocycles. The molecule has 4 nitrogen and oxygen atoms in total. The van der Waals surface area contributed by atoms with Crippen molar-refractivity contribution in [2.24, 2.45) is 0 Å². The van der Waals surface area contributed by atoms with Crippen LogP contribution in [0.2, 0.25) is 5.02 Å². The predicted octanol–water partition coefficient (Wildman–Crippen LogP) is 1.75. The van der Waals surface area contributed by atoms with Gasteiger partial charge in [-0.3, -0.25) is 4.79 Å². The molecule has 0 aromatic heterocycles. The molecule has 0 unspecified atom stereocenters. The van der Waals surface area contributed by atoms with Gasteiger partial charge >= 0.3 is 0 Å². The van der Waals surface area contributed by atoms with Crippen molar-refractivity contribution in [3.63, 3.8) is 0 Å². The maximum absolute atomic E-state index is 11.5. The van der Waals surface area contributed by atoms with Crippen molar-refractivity contribution in [2.75, 3.05) is 26.8 Å². The van der Waals surface area contributed by atoms with E-state index in [1.54, 1.807) is 7.11 Å². The van der Waals surface area contributed by atoms with E-state index in [1.165, 1.54) is 0 Å². The van der Waals surface area contributed by atoms with Crippen molar-refractivity contribution in [1.29, 1.82) is 0 Å². The van der Waals surface area contributed by atoms with Gasteiger partial charge in [-0.05, 0) is 18.6 Å². The molecule has 0 bridgehead atoms. The van der Waals surface area contributed by atoms with Gasteiger partial charge in [-0.15, -0.1) is 0 Å². The van der Waals surface area contributed by atoms with E-state index in [-0.39, 0.29) is 18.5 Å². The molecule has 0 heterocycles. The molecule has 1 aromatic carbocycles. The number of halogens is 1. The number of hydrogen-bond donors (Lipinski definition) is 2. The Balaban J connectivity index is 2.35. The van der Waals surface area contributed by atoms with E-state index in [0.29, 0.717) is 18.2 Å². The number of rotatable bonds is 7. The van der Waals surface area contributed by atoms with Crippen molar-refractivity contribution in [1.82, 2.24) is 10.6 Å². The Hall–Kier alpha value is -1.10. The first-order valence-electron chi connectivity index (χ1n) is 5.88. The monoisotopic (exact) mass is 270 g/mol. The second-order valence-corrected chi connectivity index (χ2v) is 4.37. The molecule has 0 fully saturated rings. The number of amides is 1. The Bertz CT molecular complexity index is 385. The van der Waals surface area contributed by atoms with Gasteiger partial charge in [0, 0.05) is 24.7 Å². The average molecular weight is 271 g/mol. The highest BCUT2D eigenvalue weighted by atomic mass is 35.5. The Morgan fingerprint density at radius 2 is 2.17 bits per heavy atom. The molecule has 1 amide bonds. The second kappa shape index (κ2) is 8.08. The van der Waals surface area contributed by atoms with E-state index in [2.05, 4.69) is 10.6 Å². The fourth-order valence-corrected chi connectivity index (χ4v) is 1.84. The lowest BCUT2D eigenvalue weighted by atomic mass is 10.1. The zero-order valence-electron chi connectivity index (χ0n) is 10.7. The summed E-state index contributed by atoms with van der Waals surface area (Å²) in [5.41, 5.74) is 0.990. The molecule has 2 N–H and O–H groups in total. The van der Waals surface area contributed by atoms with Gasteiger partial charge in [0.15, 0.2) is 0 Å². The van der Waals surface area contributed by atoms with Gasteiger partial charge in [0.1, 0.15) is 0 Å². The first-order valence-corrected chi connectivity index (χ1v) is 6.26. The summed E-state index contributed by atoms with van der Waals surface area (Å²) >= 11 is 6.08. The minimum atomic E-state index is -0.0500. The second-order valence-electron chi connectivity index (χ2n) is 3.97. The minimum absolute atomic E-state index is 0.0341. The number of benzene rings is 1. The van der Waals surface area contributed by atoms with E-state index >= 15 is 0 Å². The summed E-state index contributed by atoms with van der Waals surface area (Å²) in [4.78, 5) is 11.5. The standard InChI is InChI=1S/C13H19ClN2O2/c1-10(11-5-3-4-6-12(11)14)16-9-13(17)15-7-8-18-2/h3-6,10,16H,7-9H2,1-2H3,(H,15,17)/t10-/m0/s1. The quantitative estimate of drug-likeness (QED) is 0.743. The van der Waals surface area contributed by atoms with Crippen LogP contribution in [0, 0.1) is 0 Å². The SMILES string of the molecule is COCCNC(=O)CN[C@@H](C)c1ccccc1Cl. The highest BCUT2D eigenvalue weighted by Crippen LogP contribution is 2.21. The highest BCUT2D eigenvalue weighted by molar-refractivity contribution is 6.31. The lowest BCUT2D eigenvalue weighted by Crippen LogP contribution is -2.36. The minimum Gasteiger partial charge on any atom is -0.383 e. The summed E-state index contributed by atoms with van der Waals surface area (Å²) < 4.78 is 4.85. The van der Waals surface area contributed by atoms with Gasteiger partial charge in [0.25, 0.3) is 0 Å². The predicted molar refractivity (Wildman–Crippen MR) is 72.8 cm³/mol. The van der Waals surface area contributed by atoms with Gasteiger partial charge in [-0.2, -0.15) is 0 Å². The molecule has 1 atom stereocenters. The third-order valence-corrected chi connectivity index (χ3v) is 2.91. The molecule has 18 heavy (non-hydrogen) atoms. The van der Waals surface area contributed by atoms with Crippen LogP contribution in [0.4, 0.5) is 0 Å². The van der Waals surface area contributed by atoms with Crippen LogP contribution in [0.15, 0.2) is 24.3 Å². The molecule has 0 aliphatic carbocycles. The normalized spacial score (nSPS) is 12.2. The van der Waals surface area contributed by atoms with Crippen LogP contribution >= 0.6 is 11.6 Å². The molecule has 100 valence electrons. The average Bonchev–Trinajstić information content (AvgIpc) is 2.37. The third-order valence-electron chi connectivity index (χ3n) is 2.57. The lowest BCUT2D eigenvalue weighted by molar-refractivity contribution is -0.120. The molecule has 1 rings (SSSR count). The Morgan fingerprint density at radius 1 is 1.44 bits per heavy atom. The van der Waals surface area contributed by atoms with Gasteiger partial charge in [-0.1, -0.05) is 29.8 Å². The van der Waals surface area contributed by atoms with Crippen LogP contribution in [0.1, 0.15) is 18.5 Å². The van der Waals surface area contributed by atoms with E-state index in [9.17, 15) is 4.79 Å². The molecule has 1 aromatic rings. The summed E-state index contributed by atoms with van der Waals surface area (Å²) in [6, 6.07) is 7.64. The Kier molecular flexibility index (Phi) is 6.72. The van der Waals surface area contributed by atoms with Crippen LogP contribution in [-0.4, -0.2) is 32.7 Å². The molecule has 0 spiro atoms. The van der Waals surface area contributed by atoms with Gasteiger partial charge in [0.05, 0.1) is 13.2 Å². The number of nitrogens with one attached hydrogen (secondary N) is 2. The van der Waals surface area contributed by atoms with Gasteiger partial charge in [-0.25, -0.2) is 0 Å².